The number of nitrogens with two attached hydrogens (primary N) is 1. The zero-order valence-electron chi connectivity index (χ0n) is 19.8. The molecule has 218 valence electrons. The Bertz CT molecular complexity index is 1280. The first kappa shape index (κ1) is 31.8. The lowest BCUT2D eigenvalue weighted by Crippen LogP contribution is -2.71. The van der Waals surface area contributed by atoms with E-state index >= 15 is 0 Å². The lowest BCUT2D eigenvalue weighted by Gasteiger charge is -2.49. The molecule has 2 aliphatic heterocycles. The molecule has 3 rings (SSSR count). The Hall–Kier alpha value is -4.40. The third kappa shape index (κ3) is 8.05. The summed E-state index contributed by atoms with van der Waals surface area (Å²) in [7, 11) is 0. The molecule has 2 amide bonds. The number of amides is 2. The molecular formula is C19H18F3N5O11S2. The van der Waals surface area contributed by atoms with Gasteiger partial charge in [-0.2, -0.15) is 13.2 Å². The number of aliphatic carboxylic acids is 3. The van der Waals surface area contributed by atoms with Crippen LogP contribution in [0.3, 0.4) is 0 Å². The van der Waals surface area contributed by atoms with Crippen molar-refractivity contribution in [2.75, 3.05) is 24.7 Å². The molecule has 1 saturated heterocycles. The minimum Gasteiger partial charge on any atom is -0.479 e. The van der Waals surface area contributed by atoms with Crippen LogP contribution in [0.25, 0.3) is 0 Å². The number of thiazole rings is 1. The van der Waals surface area contributed by atoms with Crippen LogP contribution in [0.5, 0.6) is 0 Å². The van der Waals surface area contributed by atoms with Crippen molar-refractivity contribution in [3.63, 3.8) is 0 Å². The largest absolute Gasteiger partial charge is 0.490 e. The molecule has 6 N–H and O–H groups in total. The van der Waals surface area contributed by atoms with Crippen LogP contribution in [0, 0.1) is 0 Å². The highest BCUT2D eigenvalue weighted by atomic mass is 32.2. The smallest absolute Gasteiger partial charge is 0.479 e. The number of hydrogen-bond donors (Lipinski definition) is 5. The summed E-state index contributed by atoms with van der Waals surface area (Å²) in [5.41, 5.74) is 5.12. The summed E-state index contributed by atoms with van der Waals surface area (Å²) in [4.78, 5) is 77.4. The molecule has 2 aliphatic rings. The van der Waals surface area contributed by atoms with Crippen LogP contribution in [-0.4, -0.2) is 103 Å². The minimum atomic E-state index is -5.08. The summed E-state index contributed by atoms with van der Waals surface area (Å²) < 4.78 is 36.6. The van der Waals surface area contributed by atoms with Gasteiger partial charge in [0.05, 0.1) is 0 Å². The third-order valence-electron chi connectivity index (χ3n) is 4.55. The van der Waals surface area contributed by atoms with Gasteiger partial charge in [-0.25, -0.2) is 19.4 Å². The number of nitrogens with zero attached hydrogens (tertiary/aromatic N) is 3. The van der Waals surface area contributed by atoms with Crippen molar-refractivity contribution >= 4 is 69.6 Å². The lowest BCUT2D eigenvalue weighted by atomic mass is 10.0. The van der Waals surface area contributed by atoms with E-state index in [0.29, 0.717) is 0 Å². The number of esters is 1. The number of aromatic nitrogens is 1. The highest BCUT2D eigenvalue weighted by molar-refractivity contribution is 8.00. The number of carbonyl (C=O) groups excluding carboxylic acids is 3. The number of fused-ring (bicyclic) bond motifs is 1. The number of thioether (sulfide) groups is 1. The van der Waals surface area contributed by atoms with Crippen LogP contribution < -0.4 is 11.1 Å². The van der Waals surface area contributed by atoms with Crippen molar-refractivity contribution in [3.05, 3.63) is 22.3 Å². The van der Waals surface area contributed by atoms with E-state index < -0.39 is 65.6 Å². The van der Waals surface area contributed by atoms with Crippen LogP contribution in [0.1, 0.15) is 12.6 Å². The first-order valence-electron chi connectivity index (χ1n) is 10.3. The van der Waals surface area contributed by atoms with E-state index in [-0.39, 0.29) is 34.5 Å². The normalized spacial score (nSPS) is 18.4. The van der Waals surface area contributed by atoms with E-state index in [2.05, 4.69) is 20.3 Å². The average Bonchev–Trinajstić information content (AvgIpc) is 3.28. The second kappa shape index (κ2) is 13.1. The maximum atomic E-state index is 12.8. The fourth-order valence-corrected chi connectivity index (χ4v) is 4.82. The van der Waals surface area contributed by atoms with E-state index in [4.69, 9.17) is 25.5 Å². The topological polar surface area (TPSA) is 248 Å². The molecule has 2 atom stereocenters. The van der Waals surface area contributed by atoms with Gasteiger partial charge < -0.3 is 35.9 Å². The van der Waals surface area contributed by atoms with Crippen LogP contribution in [-0.2, 0) is 38.3 Å². The summed E-state index contributed by atoms with van der Waals surface area (Å²) in [5, 5.41) is 32.1. The number of carboxylic acid groups (broad SMARTS) is 3. The molecule has 40 heavy (non-hydrogen) atoms. The lowest BCUT2D eigenvalue weighted by molar-refractivity contribution is -0.192. The van der Waals surface area contributed by atoms with Gasteiger partial charge in [0, 0.05) is 23.6 Å². The van der Waals surface area contributed by atoms with Crippen molar-refractivity contribution in [1.29, 1.82) is 0 Å². The van der Waals surface area contributed by atoms with E-state index in [9.17, 15) is 42.3 Å². The minimum absolute atomic E-state index is 0.00935. The highest BCUT2D eigenvalue weighted by Crippen LogP contribution is 2.40. The maximum absolute atomic E-state index is 12.8. The molecule has 0 aromatic carbocycles. The number of rotatable bonds is 9. The molecule has 3 heterocycles. The molecule has 16 nitrogen and oxygen atoms in total. The van der Waals surface area contributed by atoms with Gasteiger partial charge in [-0.3, -0.25) is 19.3 Å². The molecule has 21 heteroatoms. The number of β-lactam (4-membered cyclic amide) rings is 1. The number of hydrogen-bond acceptors (Lipinski definition) is 13. The van der Waals surface area contributed by atoms with E-state index in [1.165, 1.54) is 24.1 Å². The van der Waals surface area contributed by atoms with Crippen LogP contribution in [0.4, 0.5) is 18.3 Å². The third-order valence-corrected chi connectivity index (χ3v) is 6.57. The fourth-order valence-electron chi connectivity index (χ4n) is 2.95. The Kier molecular flexibility index (Phi) is 10.4. The number of alkyl halides is 3. The Balaban J connectivity index is 0.000000708. The van der Waals surface area contributed by atoms with Gasteiger partial charge in [0.15, 0.2) is 10.8 Å². The summed E-state index contributed by atoms with van der Waals surface area (Å²) in [5.74, 6) is -7.48. The van der Waals surface area contributed by atoms with Gasteiger partial charge in [0.2, 0.25) is 6.61 Å². The Morgan fingerprint density at radius 1 is 1.25 bits per heavy atom. The van der Waals surface area contributed by atoms with Gasteiger partial charge in [-0.15, -0.1) is 23.1 Å². The van der Waals surface area contributed by atoms with Gasteiger partial charge in [-0.1, -0.05) is 5.16 Å². The van der Waals surface area contributed by atoms with Crippen LogP contribution in [0.15, 0.2) is 21.8 Å². The van der Waals surface area contributed by atoms with E-state index in [0.717, 1.165) is 16.2 Å². The number of nitrogen functional groups attached to an aromatic ring is 1. The summed E-state index contributed by atoms with van der Waals surface area (Å²) in [6, 6.07) is -1.09. The van der Waals surface area contributed by atoms with Gasteiger partial charge in [0.1, 0.15) is 29.4 Å². The predicted molar refractivity (Wildman–Crippen MR) is 127 cm³/mol. The fraction of sp³-hybridized carbons (Fsp3) is 0.368. The number of carboxylic acids is 3. The zero-order valence-corrected chi connectivity index (χ0v) is 21.5. The summed E-state index contributed by atoms with van der Waals surface area (Å²) >= 11 is 2.18. The maximum Gasteiger partial charge on any atom is 0.490 e. The van der Waals surface area contributed by atoms with Gasteiger partial charge in [0.25, 0.3) is 11.8 Å². The molecule has 0 bridgehead atoms. The monoisotopic (exact) mass is 613 g/mol. The highest BCUT2D eigenvalue weighted by Gasteiger charge is 2.54. The van der Waals surface area contributed by atoms with Gasteiger partial charge in [-0.05, 0) is 0 Å². The summed E-state index contributed by atoms with van der Waals surface area (Å²) in [6.07, 6.45) is -5.08. The molecule has 1 fully saturated rings. The first-order chi connectivity index (χ1) is 18.5. The summed E-state index contributed by atoms with van der Waals surface area (Å²) in [6.45, 7) is 0.0821. The SMILES string of the molecule is CC(=O)OCC1=C(C(=O)O)N2C(=O)[C@@H](NC(=O)/C(=N\OCC(=O)O)c3csc(N)n3)[C@H]2SC1.O=C(O)C(F)(F)F. The van der Waals surface area contributed by atoms with Crippen molar-refractivity contribution in [2.45, 2.75) is 24.5 Å². The van der Waals surface area contributed by atoms with Gasteiger partial charge >= 0.3 is 30.1 Å². The quantitative estimate of drug-likeness (QED) is 0.102. The van der Waals surface area contributed by atoms with E-state index in [1.807, 2.05) is 0 Å². The average molecular weight is 614 g/mol. The number of carbonyl (C=O) groups is 6. The van der Waals surface area contributed by atoms with Crippen molar-refractivity contribution in [1.82, 2.24) is 15.2 Å². The Morgan fingerprint density at radius 3 is 2.35 bits per heavy atom. The number of anilines is 1. The van der Waals surface area contributed by atoms with Crippen LogP contribution in [0.2, 0.25) is 0 Å². The molecule has 0 aliphatic carbocycles. The van der Waals surface area contributed by atoms with E-state index in [1.54, 1.807) is 0 Å². The number of ether oxygens (including phenoxy) is 1. The van der Waals surface area contributed by atoms with Crippen LogP contribution >= 0.6 is 23.1 Å². The molecular weight excluding hydrogens is 595 g/mol. The first-order valence-corrected chi connectivity index (χ1v) is 12.2. The standard InChI is InChI=1S/C17H17N5O9S2.C2HF3O2/c1-6(23)30-2-7-4-32-15-11(14(27)22(15)12(7)16(28)29)20-13(26)10(21-31-3-9(24)25)8-5-33-17(18)19-8;3-2(4,5)1(6)7/h5,11,15H,2-4H2,1H3,(H2,18,19)(H,20,26)(H,24,25)(H,28,29);(H,6,7)/b21-10-;/t11-,15-;/m1./s1. The Labute approximate surface area is 228 Å². The second-order valence-corrected chi connectivity index (χ2v) is 9.37. The van der Waals surface area contributed by atoms with Crippen molar-refractivity contribution in [3.8, 4) is 0 Å². The number of oxime groups is 1. The molecule has 0 saturated carbocycles. The van der Waals surface area contributed by atoms with Crippen molar-refractivity contribution in [2.24, 2.45) is 5.16 Å². The number of nitrogens with one attached hydrogen (secondary N) is 1. The molecule has 0 unspecified atom stereocenters. The number of halogens is 3. The molecule has 1 aromatic heterocycles. The second-order valence-electron chi connectivity index (χ2n) is 7.38. The molecule has 0 spiro atoms. The Morgan fingerprint density at radius 2 is 1.88 bits per heavy atom. The molecule has 0 radical (unpaired) electrons. The molecule has 1 aromatic rings. The zero-order chi connectivity index (χ0) is 30.4. The predicted octanol–water partition coefficient (Wildman–Crippen LogP) is -0.534. The van der Waals surface area contributed by atoms with Crippen molar-refractivity contribution < 1.29 is 66.8 Å².